The maximum absolute atomic E-state index is 5.45. The average Bonchev–Trinajstić information content (AvgIpc) is 3.05. The molecule has 2 aromatic heterocycles. The Morgan fingerprint density at radius 2 is 2.17 bits per heavy atom. The number of rotatable bonds is 6. The molecule has 0 aliphatic heterocycles. The van der Waals surface area contributed by atoms with Crippen LogP contribution in [0.4, 0.5) is 0 Å². The first kappa shape index (κ1) is 17.3. The highest BCUT2D eigenvalue weighted by Gasteiger charge is 2.09. The molecule has 6 heteroatoms. The van der Waals surface area contributed by atoms with Crippen LogP contribution in [0.3, 0.4) is 0 Å². The fraction of sp³-hybridized carbons (Fsp3) is 0.412. The number of aromatic nitrogens is 1. The first-order valence-corrected chi connectivity index (χ1v) is 8.62. The van der Waals surface area contributed by atoms with E-state index in [0.717, 1.165) is 35.1 Å². The lowest BCUT2D eigenvalue weighted by atomic mass is 10.1. The van der Waals surface area contributed by atoms with E-state index in [9.17, 15) is 0 Å². The lowest BCUT2D eigenvalue weighted by molar-refractivity contribution is 0.406. The number of pyridine rings is 1. The average molecular weight is 332 g/mol. The van der Waals surface area contributed by atoms with E-state index < -0.39 is 0 Å². The lowest BCUT2D eigenvalue weighted by Crippen LogP contribution is -2.37. The number of ether oxygens (including phenoxy) is 1. The number of guanidine groups is 1. The summed E-state index contributed by atoms with van der Waals surface area (Å²) in [5.74, 6) is 1.69. The molecule has 0 unspecified atom stereocenters. The minimum atomic E-state index is 0.609. The maximum Gasteiger partial charge on any atom is 0.191 e. The normalized spacial score (nSPS) is 11.4. The first-order valence-electron chi connectivity index (χ1n) is 7.68. The summed E-state index contributed by atoms with van der Waals surface area (Å²) < 4.78 is 5.45. The summed E-state index contributed by atoms with van der Waals surface area (Å²) in [6, 6.07) is 2.09. The second kappa shape index (κ2) is 8.53. The van der Waals surface area contributed by atoms with Gasteiger partial charge in [0.2, 0.25) is 0 Å². The molecule has 0 aromatic carbocycles. The van der Waals surface area contributed by atoms with Crippen LogP contribution in [0.5, 0.6) is 5.75 Å². The molecule has 0 saturated carbocycles. The molecule has 0 amide bonds. The Balaban J connectivity index is 2.05. The SMILES string of the molecule is CCNC(=NCc1ccsc1)NCc1ncc(C)c(OC)c1C. The van der Waals surface area contributed by atoms with Gasteiger partial charge in [0.25, 0.3) is 0 Å². The topological polar surface area (TPSA) is 58.5 Å². The van der Waals surface area contributed by atoms with Crippen molar-refractivity contribution in [2.45, 2.75) is 33.9 Å². The Morgan fingerprint density at radius 1 is 1.35 bits per heavy atom. The van der Waals surface area contributed by atoms with E-state index in [1.807, 2.05) is 20.0 Å². The van der Waals surface area contributed by atoms with Crippen molar-refractivity contribution in [3.63, 3.8) is 0 Å². The smallest absolute Gasteiger partial charge is 0.191 e. The van der Waals surface area contributed by atoms with Gasteiger partial charge >= 0.3 is 0 Å². The molecule has 2 heterocycles. The Kier molecular flexibility index (Phi) is 6.40. The molecular formula is C17H24N4OS. The van der Waals surface area contributed by atoms with E-state index in [-0.39, 0.29) is 0 Å². The summed E-state index contributed by atoms with van der Waals surface area (Å²) in [6.45, 7) is 8.19. The fourth-order valence-electron chi connectivity index (χ4n) is 2.31. The minimum Gasteiger partial charge on any atom is -0.496 e. The van der Waals surface area contributed by atoms with Gasteiger partial charge in [-0.25, -0.2) is 4.99 Å². The summed E-state index contributed by atoms with van der Waals surface area (Å²) in [5.41, 5.74) is 4.30. The number of hydrogen-bond donors (Lipinski definition) is 2. The Hall–Kier alpha value is -2.08. The van der Waals surface area contributed by atoms with Crippen LogP contribution >= 0.6 is 11.3 Å². The van der Waals surface area contributed by atoms with Gasteiger partial charge in [-0.3, -0.25) is 4.98 Å². The number of methoxy groups -OCH3 is 1. The van der Waals surface area contributed by atoms with E-state index in [0.29, 0.717) is 13.1 Å². The van der Waals surface area contributed by atoms with Crippen LogP contribution in [-0.2, 0) is 13.1 Å². The summed E-state index contributed by atoms with van der Waals surface area (Å²) in [4.78, 5) is 9.11. The summed E-state index contributed by atoms with van der Waals surface area (Å²) in [5, 5.41) is 10.8. The quantitative estimate of drug-likeness (QED) is 0.631. The van der Waals surface area contributed by atoms with E-state index in [1.54, 1.807) is 18.4 Å². The predicted molar refractivity (Wildman–Crippen MR) is 96.2 cm³/mol. The first-order chi connectivity index (χ1) is 11.2. The molecule has 2 rings (SSSR count). The van der Waals surface area contributed by atoms with E-state index in [1.165, 1.54) is 5.56 Å². The third-order valence-corrected chi connectivity index (χ3v) is 4.25. The van der Waals surface area contributed by atoms with Gasteiger partial charge in [-0.15, -0.1) is 0 Å². The molecule has 0 saturated heterocycles. The molecule has 2 N–H and O–H groups in total. The molecule has 0 radical (unpaired) electrons. The van der Waals surface area contributed by atoms with Gasteiger partial charge in [0.1, 0.15) is 5.75 Å². The monoisotopic (exact) mass is 332 g/mol. The Bertz CT molecular complexity index is 653. The second-order valence-corrected chi connectivity index (χ2v) is 6.01. The van der Waals surface area contributed by atoms with Crippen LogP contribution in [0.2, 0.25) is 0 Å². The molecule has 0 aliphatic rings. The van der Waals surface area contributed by atoms with Crippen molar-refractivity contribution < 1.29 is 4.74 Å². The van der Waals surface area contributed by atoms with Crippen molar-refractivity contribution in [2.75, 3.05) is 13.7 Å². The number of aryl methyl sites for hydroxylation is 1. The zero-order valence-electron chi connectivity index (χ0n) is 14.1. The molecule has 0 bridgehead atoms. The van der Waals surface area contributed by atoms with Crippen LogP contribution in [0.1, 0.15) is 29.3 Å². The standard InChI is InChI=1S/C17H24N4OS/c1-5-18-17(20-9-14-6-7-23-11-14)21-10-15-13(3)16(22-4)12(2)8-19-15/h6-8,11H,5,9-10H2,1-4H3,(H2,18,20,21). The van der Waals surface area contributed by atoms with E-state index in [2.05, 4.69) is 44.4 Å². The Labute approximate surface area is 141 Å². The third-order valence-electron chi connectivity index (χ3n) is 3.52. The zero-order valence-corrected chi connectivity index (χ0v) is 15.0. The van der Waals surface area contributed by atoms with Crippen molar-refractivity contribution in [1.82, 2.24) is 15.6 Å². The van der Waals surface area contributed by atoms with E-state index in [4.69, 9.17) is 4.74 Å². The van der Waals surface area contributed by atoms with Gasteiger partial charge in [-0.05, 0) is 43.2 Å². The highest BCUT2D eigenvalue weighted by molar-refractivity contribution is 7.07. The molecule has 5 nitrogen and oxygen atoms in total. The van der Waals surface area contributed by atoms with Crippen molar-refractivity contribution in [2.24, 2.45) is 4.99 Å². The maximum atomic E-state index is 5.45. The largest absolute Gasteiger partial charge is 0.496 e. The zero-order chi connectivity index (χ0) is 16.7. The predicted octanol–water partition coefficient (Wildman–Crippen LogP) is 3.02. The van der Waals surface area contributed by atoms with Gasteiger partial charge in [-0.2, -0.15) is 11.3 Å². The second-order valence-electron chi connectivity index (χ2n) is 5.23. The highest BCUT2D eigenvalue weighted by atomic mass is 32.1. The van der Waals surface area contributed by atoms with Crippen LogP contribution in [0, 0.1) is 13.8 Å². The fourth-order valence-corrected chi connectivity index (χ4v) is 2.97. The van der Waals surface area contributed by atoms with E-state index >= 15 is 0 Å². The Morgan fingerprint density at radius 3 is 2.83 bits per heavy atom. The molecular weight excluding hydrogens is 308 g/mol. The molecule has 0 spiro atoms. The molecule has 2 aromatic rings. The summed E-state index contributed by atoms with van der Waals surface area (Å²) >= 11 is 1.69. The number of nitrogens with one attached hydrogen (secondary N) is 2. The van der Waals surface area contributed by atoms with Crippen LogP contribution in [-0.4, -0.2) is 24.6 Å². The van der Waals surface area contributed by atoms with Crippen LogP contribution < -0.4 is 15.4 Å². The molecule has 0 atom stereocenters. The van der Waals surface area contributed by atoms with Gasteiger partial charge < -0.3 is 15.4 Å². The van der Waals surface area contributed by atoms with Gasteiger partial charge in [0.05, 0.1) is 25.9 Å². The molecule has 23 heavy (non-hydrogen) atoms. The molecule has 0 aliphatic carbocycles. The van der Waals surface area contributed by atoms with Crippen LogP contribution in [0.25, 0.3) is 0 Å². The van der Waals surface area contributed by atoms with Gasteiger partial charge in [0.15, 0.2) is 5.96 Å². The minimum absolute atomic E-state index is 0.609. The van der Waals surface area contributed by atoms with Crippen molar-refractivity contribution >= 4 is 17.3 Å². The van der Waals surface area contributed by atoms with Crippen molar-refractivity contribution in [3.8, 4) is 5.75 Å². The van der Waals surface area contributed by atoms with Crippen molar-refractivity contribution in [1.29, 1.82) is 0 Å². The number of hydrogen-bond acceptors (Lipinski definition) is 4. The summed E-state index contributed by atoms with van der Waals surface area (Å²) in [7, 11) is 1.69. The van der Waals surface area contributed by atoms with Crippen molar-refractivity contribution in [3.05, 3.63) is 45.4 Å². The number of nitrogens with zero attached hydrogens (tertiary/aromatic N) is 2. The number of thiophene rings is 1. The van der Waals surface area contributed by atoms with Crippen LogP contribution in [0.15, 0.2) is 28.0 Å². The summed E-state index contributed by atoms with van der Waals surface area (Å²) in [6.07, 6.45) is 1.85. The molecule has 124 valence electrons. The highest BCUT2D eigenvalue weighted by Crippen LogP contribution is 2.23. The third kappa shape index (κ3) is 4.69. The lowest BCUT2D eigenvalue weighted by Gasteiger charge is -2.15. The molecule has 0 fully saturated rings. The van der Waals surface area contributed by atoms with Gasteiger partial charge in [-0.1, -0.05) is 0 Å². The number of aliphatic imine (C=N–C) groups is 1. The van der Waals surface area contributed by atoms with Gasteiger partial charge in [0, 0.05) is 23.9 Å².